The predicted octanol–water partition coefficient (Wildman–Crippen LogP) is 2.68. The van der Waals surface area contributed by atoms with Crippen LogP contribution in [0, 0.1) is 9.49 Å². The van der Waals surface area contributed by atoms with Crippen LogP contribution in [0.25, 0.3) is 0 Å². The van der Waals surface area contributed by atoms with E-state index in [4.69, 9.17) is 5.73 Å². The van der Waals surface area contributed by atoms with E-state index in [1.54, 1.807) is 0 Å². The number of carbonyl (C=O) groups is 1. The van der Waals surface area contributed by atoms with Crippen LogP contribution in [0.3, 0.4) is 0 Å². The van der Waals surface area contributed by atoms with Crippen molar-refractivity contribution in [1.29, 1.82) is 0 Å². The number of carbonyl (C=O) groups excluding carboxylic acids is 1. The maximum Gasteiger partial charge on any atom is 0.267 e. The molecule has 1 atom stereocenters. The highest BCUT2D eigenvalue weighted by Gasteiger charge is 2.24. The Morgan fingerprint density at radius 2 is 2.16 bits per heavy atom. The van der Waals surface area contributed by atoms with Crippen molar-refractivity contribution in [3.63, 3.8) is 0 Å². The van der Waals surface area contributed by atoms with Crippen LogP contribution in [0.2, 0.25) is 0 Å². The third kappa shape index (κ3) is 4.65. The molecule has 0 aliphatic heterocycles. The molecule has 0 saturated heterocycles. The third-order valence-corrected chi connectivity index (χ3v) is 4.30. The molecular weight excluding hydrogens is 377 g/mol. The van der Waals surface area contributed by atoms with E-state index in [0.29, 0.717) is 18.2 Å². The Kier molecular flexibility index (Phi) is 7.17. The van der Waals surface area contributed by atoms with Gasteiger partial charge >= 0.3 is 0 Å². The first-order valence-corrected chi connectivity index (χ1v) is 7.63. The smallest absolute Gasteiger partial charge is 0.267 e. The fraction of sp³-hybridized carbons (Fsp3) is 0.615. The van der Waals surface area contributed by atoms with Gasteiger partial charge in [0.25, 0.3) is 5.91 Å². The van der Waals surface area contributed by atoms with Crippen molar-refractivity contribution in [1.82, 2.24) is 10.3 Å². The first-order valence-electron chi connectivity index (χ1n) is 6.55. The van der Waals surface area contributed by atoms with Gasteiger partial charge in [-0.25, -0.2) is 0 Å². The summed E-state index contributed by atoms with van der Waals surface area (Å²) in [6, 6.07) is 1.96. The van der Waals surface area contributed by atoms with Crippen LogP contribution in [-0.4, -0.2) is 23.5 Å². The van der Waals surface area contributed by atoms with Crippen molar-refractivity contribution >= 4 is 40.9 Å². The number of H-pyrrole nitrogens is 1. The molecule has 1 aromatic heterocycles. The van der Waals surface area contributed by atoms with E-state index in [1.165, 1.54) is 32.1 Å². The summed E-state index contributed by atoms with van der Waals surface area (Å²) < 4.78 is 1.04. The molecule has 108 valence electrons. The van der Waals surface area contributed by atoms with Gasteiger partial charge in [0, 0.05) is 22.4 Å². The number of hydrogen-bond acceptors (Lipinski definition) is 2. The zero-order chi connectivity index (χ0) is 13.0. The molecule has 1 amide bonds. The molecule has 0 aromatic carbocycles. The van der Waals surface area contributed by atoms with E-state index in [2.05, 4.69) is 32.9 Å². The topological polar surface area (TPSA) is 70.9 Å². The first kappa shape index (κ1) is 16.8. The van der Waals surface area contributed by atoms with Crippen molar-refractivity contribution in [2.75, 3.05) is 6.54 Å². The van der Waals surface area contributed by atoms with Crippen LogP contribution >= 0.6 is 35.0 Å². The van der Waals surface area contributed by atoms with Gasteiger partial charge < -0.3 is 16.0 Å². The number of halogens is 2. The molecule has 6 heteroatoms. The molecule has 1 unspecified atom stereocenters. The monoisotopic (exact) mass is 397 g/mol. The minimum atomic E-state index is -0.0426. The molecule has 4 N–H and O–H groups in total. The molecule has 0 bridgehead atoms. The second-order valence-electron chi connectivity index (χ2n) is 4.95. The number of rotatable bonds is 4. The fourth-order valence-corrected chi connectivity index (χ4v) is 3.12. The molecule has 1 fully saturated rings. The average Bonchev–Trinajstić information content (AvgIpc) is 2.83. The quantitative estimate of drug-likeness (QED) is 0.684. The van der Waals surface area contributed by atoms with E-state index in [1.807, 2.05) is 12.3 Å². The van der Waals surface area contributed by atoms with Gasteiger partial charge in [0.2, 0.25) is 0 Å². The van der Waals surface area contributed by atoms with Gasteiger partial charge in [-0.2, -0.15) is 0 Å². The highest BCUT2D eigenvalue weighted by atomic mass is 127. The standard InChI is InChI=1S/C13H20IN3O.ClH/c14-10-6-11(16-8-10)13(18)17-12(7-15)9-4-2-1-3-5-9;/h6,8-9,12,16H,1-5,7,15H2,(H,17,18);1H. The largest absolute Gasteiger partial charge is 0.356 e. The minimum Gasteiger partial charge on any atom is -0.356 e. The zero-order valence-corrected chi connectivity index (χ0v) is 13.8. The number of nitrogens with one attached hydrogen (secondary N) is 2. The van der Waals surface area contributed by atoms with Crippen LogP contribution in [0.1, 0.15) is 42.6 Å². The molecule has 1 aromatic rings. The van der Waals surface area contributed by atoms with E-state index >= 15 is 0 Å². The molecule has 4 nitrogen and oxygen atoms in total. The van der Waals surface area contributed by atoms with Crippen molar-refractivity contribution in [2.45, 2.75) is 38.1 Å². The lowest BCUT2D eigenvalue weighted by Gasteiger charge is -2.29. The second kappa shape index (κ2) is 8.11. The van der Waals surface area contributed by atoms with Gasteiger partial charge in [-0.3, -0.25) is 4.79 Å². The molecule has 2 rings (SSSR count). The average molecular weight is 398 g/mol. The molecule has 1 heterocycles. The molecule has 1 aliphatic rings. The number of hydrogen-bond donors (Lipinski definition) is 3. The number of nitrogens with two attached hydrogens (primary N) is 1. The number of aromatic nitrogens is 1. The van der Waals surface area contributed by atoms with E-state index in [0.717, 1.165) is 3.57 Å². The Morgan fingerprint density at radius 3 is 2.68 bits per heavy atom. The summed E-state index contributed by atoms with van der Waals surface area (Å²) in [5, 5.41) is 3.07. The number of aromatic amines is 1. The van der Waals surface area contributed by atoms with Gasteiger partial charge in [-0.15, -0.1) is 12.4 Å². The van der Waals surface area contributed by atoms with Gasteiger partial charge in [-0.05, 0) is 47.4 Å². The van der Waals surface area contributed by atoms with Crippen LogP contribution < -0.4 is 11.1 Å². The van der Waals surface area contributed by atoms with Crippen molar-refractivity contribution in [3.8, 4) is 0 Å². The summed E-state index contributed by atoms with van der Waals surface area (Å²) in [4.78, 5) is 15.0. The third-order valence-electron chi connectivity index (χ3n) is 3.68. The van der Waals surface area contributed by atoms with Crippen molar-refractivity contribution in [3.05, 3.63) is 21.5 Å². The van der Waals surface area contributed by atoms with Crippen LogP contribution in [0.5, 0.6) is 0 Å². The zero-order valence-electron chi connectivity index (χ0n) is 10.8. The summed E-state index contributed by atoms with van der Waals surface area (Å²) in [6.45, 7) is 0.522. The maximum atomic E-state index is 12.1. The Labute approximate surface area is 133 Å². The summed E-state index contributed by atoms with van der Waals surface area (Å²) in [5.74, 6) is 0.501. The molecule has 1 saturated carbocycles. The Balaban J connectivity index is 0.00000180. The Hall–Kier alpha value is -0.270. The second-order valence-corrected chi connectivity index (χ2v) is 6.19. The normalized spacial score (nSPS) is 17.6. The predicted molar refractivity (Wildman–Crippen MR) is 87.6 cm³/mol. The lowest BCUT2D eigenvalue weighted by molar-refractivity contribution is 0.0911. The first-order chi connectivity index (χ1) is 8.70. The maximum absolute atomic E-state index is 12.1. The van der Waals surface area contributed by atoms with E-state index in [-0.39, 0.29) is 24.4 Å². The van der Waals surface area contributed by atoms with Crippen molar-refractivity contribution < 1.29 is 4.79 Å². The summed E-state index contributed by atoms with van der Waals surface area (Å²) >= 11 is 2.18. The summed E-state index contributed by atoms with van der Waals surface area (Å²) in [6.07, 6.45) is 8.04. The Bertz CT molecular complexity index is 404. The van der Waals surface area contributed by atoms with E-state index < -0.39 is 0 Å². The van der Waals surface area contributed by atoms with Crippen LogP contribution in [0.15, 0.2) is 12.3 Å². The van der Waals surface area contributed by atoms with Crippen LogP contribution in [-0.2, 0) is 0 Å². The fourth-order valence-electron chi connectivity index (χ4n) is 2.65. The Morgan fingerprint density at radius 1 is 1.47 bits per heavy atom. The van der Waals surface area contributed by atoms with Gasteiger partial charge in [-0.1, -0.05) is 19.3 Å². The molecule has 19 heavy (non-hydrogen) atoms. The van der Waals surface area contributed by atoms with Crippen molar-refractivity contribution in [2.24, 2.45) is 11.7 Å². The lowest BCUT2D eigenvalue weighted by Crippen LogP contribution is -2.46. The minimum absolute atomic E-state index is 0. The number of amides is 1. The van der Waals surface area contributed by atoms with Gasteiger partial charge in [0.15, 0.2) is 0 Å². The SMILES string of the molecule is Cl.NCC(NC(=O)c1cc(I)c[nH]1)C1CCCCC1. The molecule has 0 radical (unpaired) electrons. The highest BCUT2D eigenvalue weighted by molar-refractivity contribution is 14.1. The summed E-state index contributed by atoms with van der Waals surface area (Å²) in [5.41, 5.74) is 6.43. The molecule has 0 spiro atoms. The lowest BCUT2D eigenvalue weighted by atomic mass is 9.84. The van der Waals surface area contributed by atoms with Crippen LogP contribution in [0.4, 0.5) is 0 Å². The summed E-state index contributed by atoms with van der Waals surface area (Å²) in [7, 11) is 0. The highest BCUT2D eigenvalue weighted by Crippen LogP contribution is 2.26. The molecule has 1 aliphatic carbocycles. The van der Waals surface area contributed by atoms with Gasteiger partial charge in [0.05, 0.1) is 0 Å². The molecular formula is C13H21ClIN3O. The van der Waals surface area contributed by atoms with E-state index in [9.17, 15) is 4.79 Å². The van der Waals surface area contributed by atoms with Gasteiger partial charge in [0.1, 0.15) is 5.69 Å².